The van der Waals surface area contributed by atoms with Gasteiger partial charge in [0.15, 0.2) is 0 Å². The fourth-order valence-corrected chi connectivity index (χ4v) is 4.30. The SMILES string of the molecule is CC1CC1(CN1CCc2cc(C(=O)NO)cnc2C1)N(C)C1CC1. The predicted molar refractivity (Wildman–Crippen MR) is 89.8 cm³/mol. The number of hydrogen-bond donors (Lipinski definition) is 2. The van der Waals surface area contributed by atoms with Crippen molar-refractivity contribution in [1.29, 1.82) is 0 Å². The summed E-state index contributed by atoms with van der Waals surface area (Å²) >= 11 is 0. The Morgan fingerprint density at radius 3 is 2.92 bits per heavy atom. The van der Waals surface area contributed by atoms with Gasteiger partial charge in [0.1, 0.15) is 0 Å². The van der Waals surface area contributed by atoms with Gasteiger partial charge >= 0.3 is 0 Å². The number of pyridine rings is 1. The molecule has 2 N–H and O–H groups in total. The zero-order valence-corrected chi connectivity index (χ0v) is 14.5. The first kappa shape index (κ1) is 16.0. The standard InChI is InChI=1S/C18H26N4O2/c1-12-8-18(12,21(2)15-3-4-15)11-22-6-5-13-7-14(17(23)20-24)9-19-16(13)10-22/h7,9,12,15,24H,3-6,8,10-11H2,1-2H3,(H,20,23). The van der Waals surface area contributed by atoms with E-state index < -0.39 is 5.91 Å². The van der Waals surface area contributed by atoms with Crippen LogP contribution in [0.4, 0.5) is 0 Å². The number of amides is 1. The lowest BCUT2D eigenvalue weighted by molar-refractivity contribution is 0.0705. The van der Waals surface area contributed by atoms with Gasteiger partial charge in [-0.25, -0.2) is 5.48 Å². The van der Waals surface area contributed by atoms with Crippen LogP contribution in [0.25, 0.3) is 0 Å². The molecule has 6 heteroatoms. The Labute approximate surface area is 142 Å². The van der Waals surface area contributed by atoms with Crippen LogP contribution in [0.1, 0.15) is 47.8 Å². The maximum atomic E-state index is 11.5. The van der Waals surface area contributed by atoms with Crippen LogP contribution in [-0.2, 0) is 13.0 Å². The van der Waals surface area contributed by atoms with Gasteiger partial charge in [0, 0.05) is 37.4 Å². The van der Waals surface area contributed by atoms with Crippen LogP contribution >= 0.6 is 0 Å². The van der Waals surface area contributed by atoms with Crippen molar-refractivity contribution in [2.45, 2.75) is 50.7 Å². The molecule has 2 fully saturated rings. The minimum Gasteiger partial charge on any atom is -0.296 e. The third-order valence-corrected chi connectivity index (χ3v) is 6.21. The molecule has 0 radical (unpaired) electrons. The van der Waals surface area contributed by atoms with E-state index in [4.69, 9.17) is 5.21 Å². The summed E-state index contributed by atoms with van der Waals surface area (Å²) < 4.78 is 0. The number of aromatic nitrogens is 1. The summed E-state index contributed by atoms with van der Waals surface area (Å²) in [6, 6.07) is 2.65. The molecule has 130 valence electrons. The summed E-state index contributed by atoms with van der Waals surface area (Å²) in [6.07, 6.45) is 6.47. The van der Waals surface area contributed by atoms with E-state index in [9.17, 15) is 4.79 Å². The van der Waals surface area contributed by atoms with Crippen molar-refractivity contribution in [3.63, 3.8) is 0 Å². The van der Waals surface area contributed by atoms with Crippen molar-refractivity contribution in [2.75, 3.05) is 20.1 Å². The third kappa shape index (κ3) is 2.72. The highest BCUT2D eigenvalue weighted by molar-refractivity contribution is 5.93. The molecule has 4 rings (SSSR count). The second-order valence-corrected chi connectivity index (χ2v) is 7.78. The first-order valence-electron chi connectivity index (χ1n) is 8.91. The van der Waals surface area contributed by atoms with Crippen LogP contribution in [0.2, 0.25) is 0 Å². The Kier molecular flexibility index (Phi) is 3.86. The largest absolute Gasteiger partial charge is 0.296 e. The van der Waals surface area contributed by atoms with Gasteiger partial charge in [0.2, 0.25) is 0 Å². The lowest BCUT2D eigenvalue weighted by atomic mass is 10.0. The normalized spacial score (nSPS) is 29.4. The van der Waals surface area contributed by atoms with Crippen molar-refractivity contribution in [2.24, 2.45) is 5.92 Å². The van der Waals surface area contributed by atoms with E-state index >= 15 is 0 Å². The number of nitrogens with one attached hydrogen (secondary N) is 1. The molecule has 1 aliphatic heterocycles. The van der Waals surface area contributed by atoms with Crippen molar-refractivity contribution in [1.82, 2.24) is 20.3 Å². The summed E-state index contributed by atoms with van der Waals surface area (Å²) in [5.41, 5.74) is 4.64. The second-order valence-electron chi connectivity index (χ2n) is 7.78. The Balaban J connectivity index is 1.46. The quantitative estimate of drug-likeness (QED) is 0.631. The van der Waals surface area contributed by atoms with E-state index in [2.05, 4.69) is 28.8 Å². The number of rotatable bonds is 5. The van der Waals surface area contributed by atoms with Crippen molar-refractivity contribution >= 4 is 5.91 Å². The van der Waals surface area contributed by atoms with Crippen LogP contribution in [0.5, 0.6) is 0 Å². The topological polar surface area (TPSA) is 68.7 Å². The van der Waals surface area contributed by atoms with Gasteiger partial charge in [0.05, 0.1) is 11.3 Å². The van der Waals surface area contributed by atoms with Crippen molar-refractivity contribution in [3.05, 3.63) is 29.1 Å². The smallest absolute Gasteiger partial charge is 0.276 e. The first-order valence-corrected chi connectivity index (χ1v) is 8.91. The van der Waals surface area contributed by atoms with Crippen LogP contribution in [0, 0.1) is 5.92 Å². The fourth-order valence-electron chi connectivity index (χ4n) is 4.30. The zero-order valence-electron chi connectivity index (χ0n) is 14.5. The molecule has 1 aromatic heterocycles. The minimum absolute atomic E-state index is 0.357. The van der Waals surface area contributed by atoms with Gasteiger partial charge in [-0.2, -0.15) is 0 Å². The Hall–Kier alpha value is -1.50. The molecule has 2 aliphatic carbocycles. The fraction of sp³-hybridized carbons (Fsp3) is 0.667. The van der Waals surface area contributed by atoms with E-state index in [-0.39, 0.29) is 0 Å². The molecule has 0 spiro atoms. The maximum absolute atomic E-state index is 11.5. The number of carbonyl (C=O) groups is 1. The Morgan fingerprint density at radius 2 is 2.29 bits per heavy atom. The summed E-state index contributed by atoms with van der Waals surface area (Å²) in [5, 5.41) is 8.76. The third-order valence-electron chi connectivity index (χ3n) is 6.21. The molecule has 24 heavy (non-hydrogen) atoms. The van der Waals surface area contributed by atoms with E-state index in [0.717, 1.165) is 49.3 Å². The van der Waals surface area contributed by atoms with Gasteiger partial charge < -0.3 is 0 Å². The van der Waals surface area contributed by atoms with Crippen LogP contribution in [-0.4, -0.2) is 57.6 Å². The van der Waals surface area contributed by atoms with Gasteiger partial charge in [-0.3, -0.25) is 24.8 Å². The number of hydroxylamine groups is 1. The lowest BCUT2D eigenvalue weighted by Gasteiger charge is -2.36. The molecular formula is C18H26N4O2. The summed E-state index contributed by atoms with van der Waals surface area (Å²) in [6.45, 7) is 5.34. The van der Waals surface area contributed by atoms with E-state index in [0.29, 0.717) is 11.1 Å². The minimum atomic E-state index is -0.496. The van der Waals surface area contributed by atoms with Gasteiger partial charge in [-0.15, -0.1) is 0 Å². The van der Waals surface area contributed by atoms with Crippen molar-refractivity contribution < 1.29 is 10.0 Å². The number of carbonyl (C=O) groups excluding carboxylic acids is 1. The molecule has 2 atom stereocenters. The average Bonchev–Trinajstić information content (AvgIpc) is 3.51. The summed E-state index contributed by atoms with van der Waals surface area (Å²) in [5.74, 6) is 0.276. The monoisotopic (exact) mass is 330 g/mol. The second kappa shape index (κ2) is 5.79. The molecule has 2 saturated carbocycles. The molecule has 1 amide bonds. The van der Waals surface area contributed by atoms with Crippen LogP contribution < -0.4 is 5.48 Å². The van der Waals surface area contributed by atoms with E-state index in [1.165, 1.54) is 19.3 Å². The predicted octanol–water partition coefficient (Wildman–Crippen LogP) is 1.43. The molecule has 2 unspecified atom stereocenters. The number of hydrogen-bond acceptors (Lipinski definition) is 5. The summed E-state index contributed by atoms with van der Waals surface area (Å²) in [4.78, 5) is 21.1. The molecule has 6 nitrogen and oxygen atoms in total. The van der Waals surface area contributed by atoms with Gasteiger partial charge in [-0.05, 0) is 50.3 Å². The molecule has 2 heterocycles. The molecule has 1 aromatic rings. The molecule has 0 bridgehead atoms. The zero-order chi connectivity index (χ0) is 16.9. The average molecular weight is 330 g/mol. The maximum Gasteiger partial charge on any atom is 0.276 e. The van der Waals surface area contributed by atoms with Gasteiger partial charge in [-0.1, -0.05) is 6.92 Å². The Morgan fingerprint density at radius 1 is 1.54 bits per heavy atom. The van der Waals surface area contributed by atoms with Crippen molar-refractivity contribution in [3.8, 4) is 0 Å². The molecule has 3 aliphatic rings. The van der Waals surface area contributed by atoms with E-state index in [1.54, 1.807) is 11.7 Å². The molecule has 0 aromatic carbocycles. The van der Waals surface area contributed by atoms with Crippen LogP contribution in [0.15, 0.2) is 12.3 Å². The number of fused-ring (bicyclic) bond motifs is 1. The van der Waals surface area contributed by atoms with Crippen LogP contribution in [0.3, 0.4) is 0 Å². The molecule has 0 saturated heterocycles. The number of likely N-dealkylation sites (N-methyl/N-ethyl adjacent to an activating group) is 1. The summed E-state index contributed by atoms with van der Waals surface area (Å²) in [7, 11) is 2.30. The highest BCUT2D eigenvalue weighted by Crippen LogP contribution is 2.51. The van der Waals surface area contributed by atoms with E-state index in [1.807, 2.05) is 6.07 Å². The highest BCUT2D eigenvalue weighted by atomic mass is 16.5. The lowest BCUT2D eigenvalue weighted by Crippen LogP contribution is -2.48. The highest BCUT2D eigenvalue weighted by Gasteiger charge is 2.57. The first-order chi connectivity index (χ1) is 11.5. The Bertz CT molecular complexity index is 660. The van der Waals surface area contributed by atoms with Gasteiger partial charge in [0.25, 0.3) is 5.91 Å². The molecular weight excluding hydrogens is 304 g/mol. The number of nitrogens with zero attached hydrogens (tertiary/aromatic N) is 3.